The van der Waals surface area contributed by atoms with Crippen LogP contribution < -0.4 is 21.5 Å². The monoisotopic (exact) mass is 535 g/mol. The van der Waals surface area contributed by atoms with Crippen molar-refractivity contribution in [3.63, 3.8) is 0 Å². The highest BCUT2D eigenvalue weighted by Crippen LogP contribution is 2.48. The van der Waals surface area contributed by atoms with Crippen molar-refractivity contribution in [2.24, 2.45) is 24.6 Å². The number of fused-ring (bicyclic) bond motifs is 2. The van der Waals surface area contributed by atoms with E-state index in [-0.39, 0.29) is 0 Å². The van der Waals surface area contributed by atoms with Crippen molar-refractivity contribution >= 4 is 28.8 Å². The SMILES string of the molecule is CC(C)c1nc2c(N3CC4C(N)C4C3)c(NC=O)ccc2n1C.Cc1ccc(=O)n(-c2c(F)cccc2F)n1. The standard InChI is InChI=1S/C17H23N5O.C11H8F2N2O/c1-9(2)17-20-15-13(21(17)3)5-4-12(19-8-23)16(15)22-6-10-11(7-22)14(10)18;1-7-5-6-10(16)15(14-7)11-8(12)3-2-4-9(11)13/h4-5,8-11,14H,6-7,18H2,1-3H3,(H,19,23);2-6H,1H3. The van der Waals surface area contributed by atoms with E-state index < -0.39 is 22.9 Å². The van der Waals surface area contributed by atoms with Gasteiger partial charge in [0.05, 0.1) is 22.6 Å². The number of hydrogen-bond acceptors (Lipinski definition) is 6. The molecule has 3 heterocycles. The second-order valence-electron chi connectivity index (χ2n) is 10.4. The topological polar surface area (TPSA) is 111 Å². The van der Waals surface area contributed by atoms with Crippen LogP contribution in [0.2, 0.25) is 0 Å². The second kappa shape index (κ2) is 10.2. The minimum absolute atomic E-state index is 0.350. The van der Waals surface area contributed by atoms with Crippen LogP contribution in [0.5, 0.6) is 0 Å². The van der Waals surface area contributed by atoms with Crippen LogP contribution in [0.4, 0.5) is 20.2 Å². The Morgan fingerprint density at radius 3 is 2.33 bits per heavy atom. The number of nitrogens with one attached hydrogen (secondary N) is 1. The third-order valence-corrected chi connectivity index (χ3v) is 7.45. The molecule has 39 heavy (non-hydrogen) atoms. The molecule has 204 valence electrons. The Morgan fingerprint density at radius 2 is 1.72 bits per heavy atom. The van der Waals surface area contributed by atoms with Gasteiger partial charge in [-0.05, 0) is 49.1 Å². The van der Waals surface area contributed by atoms with E-state index in [0.29, 0.717) is 29.5 Å². The first-order valence-corrected chi connectivity index (χ1v) is 12.8. The molecule has 4 aromatic rings. The van der Waals surface area contributed by atoms with Gasteiger partial charge in [0.25, 0.3) is 5.56 Å². The third-order valence-electron chi connectivity index (χ3n) is 7.45. The van der Waals surface area contributed by atoms with Crippen LogP contribution >= 0.6 is 0 Å². The van der Waals surface area contributed by atoms with E-state index in [1.165, 1.54) is 18.2 Å². The molecule has 0 spiro atoms. The van der Waals surface area contributed by atoms with Crippen molar-refractivity contribution in [1.82, 2.24) is 19.3 Å². The predicted molar refractivity (Wildman–Crippen MR) is 146 cm³/mol. The number of aromatic nitrogens is 4. The summed E-state index contributed by atoms with van der Waals surface area (Å²) in [6, 6.07) is 10.4. The summed E-state index contributed by atoms with van der Waals surface area (Å²) in [4.78, 5) is 29.7. The molecule has 1 saturated heterocycles. The van der Waals surface area contributed by atoms with Crippen LogP contribution in [0.15, 0.2) is 47.3 Å². The molecule has 2 aromatic heterocycles. The highest BCUT2D eigenvalue weighted by Gasteiger charge is 2.54. The average Bonchev–Trinajstić information content (AvgIpc) is 3.21. The zero-order chi connectivity index (χ0) is 28.0. The minimum atomic E-state index is -0.819. The number of anilines is 2. The summed E-state index contributed by atoms with van der Waals surface area (Å²) in [7, 11) is 2.05. The number of nitrogens with two attached hydrogens (primary N) is 1. The molecule has 1 aliphatic carbocycles. The van der Waals surface area contributed by atoms with Crippen molar-refractivity contribution in [3.8, 4) is 5.69 Å². The number of carbonyl (C=O) groups is 1. The van der Waals surface area contributed by atoms with Gasteiger partial charge in [-0.15, -0.1) is 0 Å². The Balaban J connectivity index is 0.000000169. The van der Waals surface area contributed by atoms with E-state index >= 15 is 0 Å². The number of aryl methyl sites for hydroxylation is 2. The van der Waals surface area contributed by atoms with Crippen molar-refractivity contribution in [2.75, 3.05) is 23.3 Å². The van der Waals surface area contributed by atoms with E-state index in [1.54, 1.807) is 6.92 Å². The molecule has 0 radical (unpaired) electrons. The summed E-state index contributed by atoms with van der Waals surface area (Å²) in [6.45, 7) is 7.83. The van der Waals surface area contributed by atoms with Gasteiger partial charge in [0.2, 0.25) is 6.41 Å². The number of amides is 1. The molecule has 6 rings (SSSR count). The van der Waals surface area contributed by atoms with Gasteiger partial charge in [0.15, 0.2) is 11.6 Å². The summed E-state index contributed by atoms with van der Waals surface area (Å²) >= 11 is 0. The van der Waals surface area contributed by atoms with E-state index in [4.69, 9.17) is 10.7 Å². The average molecular weight is 536 g/mol. The maximum atomic E-state index is 13.4. The van der Waals surface area contributed by atoms with E-state index in [1.807, 2.05) is 12.1 Å². The number of para-hydroxylation sites is 1. The van der Waals surface area contributed by atoms with Gasteiger partial charge in [-0.25, -0.2) is 13.8 Å². The fraction of sp³-hybridized carbons (Fsp3) is 0.357. The molecular formula is C28H31F2N7O2. The summed E-state index contributed by atoms with van der Waals surface area (Å²) in [6.07, 6.45) is 0.736. The lowest BCUT2D eigenvalue weighted by Crippen LogP contribution is -2.28. The highest BCUT2D eigenvalue weighted by atomic mass is 19.1. The van der Waals surface area contributed by atoms with Crippen molar-refractivity contribution in [3.05, 3.63) is 76.0 Å². The molecule has 2 aromatic carbocycles. The Labute approximate surface area is 224 Å². The van der Waals surface area contributed by atoms with Crippen LogP contribution in [-0.4, -0.2) is 44.9 Å². The van der Waals surface area contributed by atoms with Crippen LogP contribution in [0.25, 0.3) is 16.7 Å². The number of benzene rings is 2. The molecule has 9 nitrogen and oxygen atoms in total. The summed E-state index contributed by atoms with van der Waals surface area (Å²) < 4.78 is 29.7. The molecule has 2 unspecified atom stereocenters. The third kappa shape index (κ3) is 4.78. The van der Waals surface area contributed by atoms with Gasteiger partial charge in [-0.1, -0.05) is 19.9 Å². The normalized spacial score (nSPS) is 19.6. The maximum Gasteiger partial charge on any atom is 0.271 e. The highest BCUT2D eigenvalue weighted by molar-refractivity contribution is 5.99. The lowest BCUT2D eigenvalue weighted by molar-refractivity contribution is -0.105. The summed E-state index contributed by atoms with van der Waals surface area (Å²) in [5, 5.41) is 6.63. The molecule has 3 N–H and O–H groups in total. The smallest absolute Gasteiger partial charge is 0.271 e. The van der Waals surface area contributed by atoms with Crippen LogP contribution in [0.1, 0.15) is 31.3 Å². The number of halogens is 2. The van der Waals surface area contributed by atoms with E-state index in [9.17, 15) is 18.4 Å². The molecule has 1 aliphatic heterocycles. The van der Waals surface area contributed by atoms with Gasteiger partial charge >= 0.3 is 0 Å². The van der Waals surface area contributed by atoms with E-state index in [2.05, 4.69) is 40.8 Å². The quantitative estimate of drug-likeness (QED) is 0.379. The molecule has 2 fully saturated rings. The Kier molecular flexibility index (Phi) is 6.94. The van der Waals surface area contributed by atoms with Crippen LogP contribution in [0, 0.1) is 30.4 Å². The molecular weight excluding hydrogens is 504 g/mol. The Bertz CT molecular complexity index is 1580. The number of piperidine rings is 1. The van der Waals surface area contributed by atoms with Crippen LogP contribution in [0.3, 0.4) is 0 Å². The van der Waals surface area contributed by atoms with E-state index in [0.717, 1.165) is 64.5 Å². The Hall–Kier alpha value is -4.12. The molecule has 1 amide bonds. The first-order chi connectivity index (χ1) is 18.6. The Morgan fingerprint density at radius 1 is 1.05 bits per heavy atom. The fourth-order valence-electron chi connectivity index (χ4n) is 5.39. The lowest BCUT2D eigenvalue weighted by Gasteiger charge is -2.24. The van der Waals surface area contributed by atoms with Crippen molar-refractivity contribution < 1.29 is 13.6 Å². The van der Waals surface area contributed by atoms with Gasteiger partial charge < -0.3 is 20.5 Å². The van der Waals surface area contributed by atoms with Crippen molar-refractivity contribution in [2.45, 2.75) is 32.7 Å². The summed E-state index contributed by atoms with van der Waals surface area (Å²) in [5.41, 5.74) is 9.49. The fourth-order valence-corrected chi connectivity index (χ4v) is 5.39. The molecule has 0 bridgehead atoms. The molecule has 2 atom stereocenters. The number of carbonyl (C=O) groups excluding carboxylic acids is 1. The van der Waals surface area contributed by atoms with Crippen molar-refractivity contribution in [1.29, 1.82) is 0 Å². The lowest BCUT2D eigenvalue weighted by atomic mass is 10.2. The predicted octanol–water partition coefficient (Wildman–Crippen LogP) is 3.48. The van der Waals surface area contributed by atoms with Gasteiger partial charge in [-0.3, -0.25) is 9.59 Å². The first-order valence-electron chi connectivity index (χ1n) is 12.8. The zero-order valence-electron chi connectivity index (χ0n) is 22.2. The number of nitrogens with zero attached hydrogens (tertiary/aromatic N) is 5. The van der Waals surface area contributed by atoms with Gasteiger partial charge in [-0.2, -0.15) is 9.78 Å². The summed E-state index contributed by atoms with van der Waals surface area (Å²) in [5.74, 6) is 0.944. The maximum absolute atomic E-state index is 13.4. The second-order valence-corrected chi connectivity index (χ2v) is 10.4. The minimum Gasteiger partial charge on any atom is -0.367 e. The molecule has 2 aliphatic rings. The zero-order valence-corrected chi connectivity index (χ0v) is 22.2. The number of rotatable bonds is 5. The largest absolute Gasteiger partial charge is 0.367 e. The number of hydrogen-bond donors (Lipinski definition) is 2. The first kappa shape index (κ1) is 26.5. The number of imidazole rings is 1. The molecule has 11 heteroatoms. The molecule has 1 saturated carbocycles. The van der Waals surface area contributed by atoms with Gasteiger partial charge in [0.1, 0.15) is 17.0 Å². The van der Waals surface area contributed by atoms with Gasteiger partial charge in [0, 0.05) is 38.2 Å². The van der Waals surface area contributed by atoms with Crippen LogP contribution in [-0.2, 0) is 11.8 Å².